The van der Waals surface area contributed by atoms with Gasteiger partial charge in [-0.05, 0) is 25.0 Å². The van der Waals surface area contributed by atoms with Gasteiger partial charge in [-0.1, -0.05) is 11.6 Å². The third-order valence-corrected chi connectivity index (χ3v) is 4.95. The lowest BCUT2D eigenvalue weighted by molar-refractivity contribution is 0.0714. The fraction of sp³-hybridized carbons (Fsp3) is 0.316. The number of piperidine rings is 1. The molecule has 0 saturated carbocycles. The molecule has 3 aromatic rings. The number of aromatic nitrogens is 5. The van der Waals surface area contributed by atoms with Gasteiger partial charge in [-0.3, -0.25) is 4.79 Å². The molecule has 2 aromatic heterocycles. The summed E-state index contributed by atoms with van der Waals surface area (Å²) in [6, 6.07) is 5.36. The third-order valence-electron chi connectivity index (χ3n) is 4.75. The molecule has 1 N–H and O–H groups in total. The molecule has 0 bridgehead atoms. The molecule has 1 atom stereocenters. The highest BCUT2D eigenvalue weighted by Gasteiger charge is 2.27. The van der Waals surface area contributed by atoms with Crippen molar-refractivity contribution in [1.29, 1.82) is 0 Å². The topological polar surface area (TPSA) is 98.1 Å². The number of anilines is 1. The Balaban J connectivity index is 1.54. The van der Waals surface area contributed by atoms with Crippen molar-refractivity contribution in [3.8, 4) is 11.4 Å². The summed E-state index contributed by atoms with van der Waals surface area (Å²) in [4.78, 5) is 24.8. The van der Waals surface area contributed by atoms with E-state index in [2.05, 4.69) is 25.5 Å². The first-order valence-electron chi connectivity index (χ1n) is 9.22. The van der Waals surface area contributed by atoms with Crippen LogP contribution in [0.1, 0.15) is 23.2 Å². The van der Waals surface area contributed by atoms with Crippen molar-refractivity contribution in [2.24, 2.45) is 0 Å². The Kier molecular flexibility index (Phi) is 5.57. The summed E-state index contributed by atoms with van der Waals surface area (Å²) in [5.41, 5.74) is 1.10. The van der Waals surface area contributed by atoms with Gasteiger partial charge in [0.15, 0.2) is 0 Å². The second-order valence-corrected chi connectivity index (χ2v) is 7.05. The van der Waals surface area contributed by atoms with E-state index in [1.54, 1.807) is 43.9 Å². The number of nitrogens with zero attached hydrogens (tertiary/aromatic N) is 6. The van der Waals surface area contributed by atoms with Crippen molar-refractivity contribution in [3.05, 3.63) is 53.7 Å². The van der Waals surface area contributed by atoms with Gasteiger partial charge in [0, 0.05) is 25.2 Å². The number of hydrogen-bond donors (Lipinski definition) is 1. The molecule has 1 fully saturated rings. The maximum absolute atomic E-state index is 13.3. The molecule has 1 saturated heterocycles. The van der Waals surface area contributed by atoms with Crippen molar-refractivity contribution in [2.45, 2.75) is 18.9 Å². The van der Waals surface area contributed by atoms with E-state index in [1.807, 2.05) is 4.90 Å². The molecule has 1 aromatic carbocycles. The van der Waals surface area contributed by atoms with E-state index in [-0.39, 0.29) is 11.9 Å². The van der Waals surface area contributed by atoms with Crippen LogP contribution in [0, 0.1) is 0 Å². The van der Waals surface area contributed by atoms with Gasteiger partial charge in [0.1, 0.15) is 22.4 Å². The fourth-order valence-corrected chi connectivity index (χ4v) is 3.47. The van der Waals surface area contributed by atoms with Crippen LogP contribution >= 0.6 is 11.6 Å². The van der Waals surface area contributed by atoms with Crippen molar-refractivity contribution in [1.82, 2.24) is 29.9 Å². The predicted molar refractivity (Wildman–Crippen MR) is 108 cm³/mol. The van der Waals surface area contributed by atoms with Gasteiger partial charge in [-0.15, -0.1) is 0 Å². The first-order valence-corrected chi connectivity index (χ1v) is 9.60. The van der Waals surface area contributed by atoms with E-state index in [0.717, 1.165) is 12.8 Å². The normalized spacial score (nSPS) is 16.5. The van der Waals surface area contributed by atoms with Gasteiger partial charge >= 0.3 is 0 Å². The van der Waals surface area contributed by atoms with Crippen LogP contribution in [0.15, 0.2) is 43.0 Å². The first kappa shape index (κ1) is 19.1. The van der Waals surface area contributed by atoms with Crippen molar-refractivity contribution >= 4 is 23.3 Å². The number of rotatable bonds is 5. The minimum Gasteiger partial charge on any atom is -0.497 e. The number of halogens is 1. The summed E-state index contributed by atoms with van der Waals surface area (Å²) >= 11 is 5.79. The van der Waals surface area contributed by atoms with Gasteiger partial charge in [0.25, 0.3) is 5.91 Å². The Hall–Kier alpha value is -3.20. The van der Waals surface area contributed by atoms with Crippen LogP contribution < -0.4 is 10.1 Å². The first-order chi connectivity index (χ1) is 14.1. The molecule has 0 spiro atoms. The van der Waals surface area contributed by atoms with E-state index in [1.165, 1.54) is 11.0 Å². The van der Waals surface area contributed by atoms with Gasteiger partial charge in [-0.2, -0.15) is 15.0 Å². The lowest BCUT2D eigenvalue weighted by Crippen LogP contribution is -2.45. The van der Waals surface area contributed by atoms with E-state index >= 15 is 0 Å². The highest BCUT2D eigenvalue weighted by atomic mass is 35.5. The molecule has 1 aliphatic heterocycles. The molecule has 150 valence electrons. The average molecular weight is 414 g/mol. The van der Waals surface area contributed by atoms with E-state index in [0.29, 0.717) is 41.1 Å². The molecule has 29 heavy (non-hydrogen) atoms. The van der Waals surface area contributed by atoms with Crippen LogP contribution in [0.2, 0.25) is 5.15 Å². The van der Waals surface area contributed by atoms with Crippen LogP contribution in [0.25, 0.3) is 5.69 Å². The van der Waals surface area contributed by atoms with Crippen LogP contribution in [0.3, 0.4) is 0 Å². The highest BCUT2D eigenvalue weighted by Crippen LogP contribution is 2.24. The molecule has 0 radical (unpaired) electrons. The molecule has 3 heterocycles. The zero-order valence-electron chi connectivity index (χ0n) is 15.8. The summed E-state index contributed by atoms with van der Waals surface area (Å²) in [6.07, 6.45) is 8.05. The zero-order chi connectivity index (χ0) is 20.2. The van der Waals surface area contributed by atoms with Gasteiger partial charge in [0.2, 0.25) is 0 Å². The van der Waals surface area contributed by atoms with Crippen molar-refractivity contribution in [2.75, 3.05) is 25.5 Å². The summed E-state index contributed by atoms with van der Waals surface area (Å²) < 4.78 is 5.30. The number of likely N-dealkylation sites (tertiary alicyclic amines) is 1. The predicted octanol–water partition coefficient (Wildman–Crippen LogP) is 2.44. The molecule has 1 amide bonds. The smallest absolute Gasteiger partial charge is 0.256 e. The maximum Gasteiger partial charge on any atom is 0.256 e. The second-order valence-electron chi connectivity index (χ2n) is 6.66. The molecule has 1 aliphatic rings. The lowest BCUT2D eigenvalue weighted by atomic mass is 10.0. The molecule has 10 heteroatoms. The number of nitrogens with one attached hydrogen (secondary N) is 1. The van der Waals surface area contributed by atoms with Crippen molar-refractivity contribution < 1.29 is 9.53 Å². The number of carbonyl (C=O) groups excluding carboxylic acids is 1. The summed E-state index contributed by atoms with van der Waals surface area (Å²) in [5, 5.41) is 12.0. The number of amides is 1. The summed E-state index contributed by atoms with van der Waals surface area (Å²) in [7, 11) is 1.58. The third kappa shape index (κ3) is 4.29. The number of ether oxygens (including phenoxy) is 1. The van der Waals surface area contributed by atoms with Gasteiger partial charge < -0.3 is 15.0 Å². The van der Waals surface area contributed by atoms with Crippen LogP contribution in [-0.4, -0.2) is 62.0 Å². The highest BCUT2D eigenvalue weighted by molar-refractivity contribution is 6.29. The van der Waals surface area contributed by atoms with E-state index in [9.17, 15) is 4.79 Å². The second kappa shape index (κ2) is 8.44. The fourth-order valence-electron chi connectivity index (χ4n) is 3.37. The molecule has 0 aliphatic carbocycles. The minimum absolute atomic E-state index is 0.0753. The lowest BCUT2D eigenvalue weighted by Gasteiger charge is -2.33. The molecule has 1 unspecified atom stereocenters. The van der Waals surface area contributed by atoms with E-state index in [4.69, 9.17) is 16.3 Å². The maximum atomic E-state index is 13.3. The Morgan fingerprint density at radius 1 is 1.24 bits per heavy atom. The molecular weight excluding hydrogens is 394 g/mol. The minimum atomic E-state index is -0.0753. The van der Waals surface area contributed by atoms with Crippen LogP contribution in [0.4, 0.5) is 5.82 Å². The Labute approximate surface area is 172 Å². The number of hydrogen-bond acceptors (Lipinski definition) is 7. The SMILES string of the molecule is COc1ccc(C(=O)N2CCCC(Nc3cnc(Cl)cn3)C2)c(-n2nccn2)c1. The molecule has 9 nitrogen and oxygen atoms in total. The summed E-state index contributed by atoms with van der Waals surface area (Å²) in [6.45, 7) is 1.24. The number of methoxy groups -OCH3 is 1. The van der Waals surface area contributed by atoms with Gasteiger partial charge in [0.05, 0.1) is 37.5 Å². The van der Waals surface area contributed by atoms with Crippen LogP contribution in [0.5, 0.6) is 5.75 Å². The van der Waals surface area contributed by atoms with E-state index < -0.39 is 0 Å². The standard InChI is InChI=1S/C19H20ClN7O2/c1-29-14-4-5-15(16(9-14)27-23-6-7-24-27)19(28)26-8-2-3-13(12-26)25-18-11-21-17(20)10-22-18/h4-7,9-11,13H,2-3,8,12H2,1H3,(H,22,25). The molecule has 4 rings (SSSR count). The molecular formula is C19H20ClN7O2. The summed E-state index contributed by atoms with van der Waals surface area (Å²) in [5.74, 6) is 1.20. The van der Waals surface area contributed by atoms with Crippen LogP contribution in [-0.2, 0) is 0 Å². The number of benzene rings is 1. The van der Waals surface area contributed by atoms with Crippen molar-refractivity contribution in [3.63, 3.8) is 0 Å². The van der Waals surface area contributed by atoms with Gasteiger partial charge in [-0.25, -0.2) is 9.97 Å². The average Bonchev–Trinajstić information content (AvgIpc) is 3.29. The Morgan fingerprint density at radius 2 is 2.07 bits per heavy atom. The quantitative estimate of drug-likeness (QED) is 0.685. The number of carbonyl (C=O) groups is 1. The monoisotopic (exact) mass is 413 g/mol. The Morgan fingerprint density at radius 3 is 2.79 bits per heavy atom. The Bertz CT molecular complexity index is 979. The largest absolute Gasteiger partial charge is 0.497 e. The zero-order valence-corrected chi connectivity index (χ0v) is 16.6.